The molecule has 0 saturated carbocycles. The number of anilines is 1. The van der Waals surface area contributed by atoms with Crippen molar-refractivity contribution >= 4 is 16.8 Å². The van der Waals surface area contributed by atoms with Crippen molar-refractivity contribution in [2.75, 3.05) is 32.0 Å². The molecule has 4 rings (SSSR count). The Hall–Kier alpha value is -2.88. The molecular formula is C36H51N3. The Balaban J connectivity index is 0.000000771. The summed E-state index contributed by atoms with van der Waals surface area (Å²) in [6, 6.07) is 15.6. The van der Waals surface area contributed by atoms with E-state index in [1.165, 1.54) is 60.3 Å². The van der Waals surface area contributed by atoms with Crippen molar-refractivity contribution in [1.82, 2.24) is 9.80 Å². The van der Waals surface area contributed by atoms with Crippen LogP contribution in [-0.2, 0) is 6.54 Å². The van der Waals surface area contributed by atoms with Gasteiger partial charge in [-0.25, -0.2) is 0 Å². The highest BCUT2D eigenvalue weighted by atomic mass is 15.4. The summed E-state index contributed by atoms with van der Waals surface area (Å²) in [5.74, 6) is 0. The van der Waals surface area contributed by atoms with E-state index in [-0.39, 0.29) is 5.41 Å². The Kier molecular flexibility index (Phi) is 11.4. The van der Waals surface area contributed by atoms with Crippen LogP contribution in [0.25, 0.3) is 11.1 Å². The zero-order chi connectivity index (χ0) is 28.4. The third-order valence-corrected chi connectivity index (χ3v) is 8.21. The zero-order valence-corrected chi connectivity index (χ0v) is 25.2. The molecular weight excluding hydrogens is 474 g/mol. The van der Waals surface area contributed by atoms with E-state index >= 15 is 0 Å². The van der Waals surface area contributed by atoms with Crippen LogP contribution in [0.2, 0.25) is 0 Å². The minimum atomic E-state index is 0.111. The van der Waals surface area contributed by atoms with Crippen LogP contribution in [0, 0.1) is 12.3 Å². The largest absolute Gasteiger partial charge is 0.398 e. The monoisotopic (exact) mass is 525 g/mol. The van der Waals surface area contributed by atoms with E-state index in [0.717, 1.165) is 49.3 Å². The smallest absolute Gasteiger partial charge is 0.0510 e. The van der Waals surface area contributed by atoms with Gasteiger partial charge in [-0.1, -0.05) is 95.3 Å². The van der Waals surface area contributed by atoms with E-state index in [1.807, 2.05) is 12.2 Å². The molecule has 1 fully saturated rings. The minimum Gasteiger partial charge on any atom is -0.398 e. The van der Waals surface area contributed by atoms with Crippen LogP contribution in [0.1, 0.15) is 82.1 Å². The molecule has 0 radical (unpaired) electrons. The molecule has 1 saturated heterocycles. The number of nitrogens with two attached hydrogens (primary N) is 1. The fourth-order valence-corrected chi connectivity index (χ4v) is 5.76. The van der Waals surface area contributed by atoms with Gasteiger partial charge in [0.25, 0.3) is 0 Å². The topological polar surface area (TPSA) is 32.5 Å². The maximum Gasteiger partial charge on any atom is 0.0510 e. The second kappa shape index (κ2) is 14.5. The van der Waals surface area contributed by atoms with Crippen molar-refractivity contribution in [2.45, 2.75) is 73.3 Å². The predicted octanol–water partition coefficient (Wildman–Crippen LogP) is 8.88. The van der Waals surface area contributed by atoms with Gasteiger partial charge < -0.3 is 5.73 Å². The number of unbranched alkanes of at least 4 members (excludes halogenated alkanes) is 1. The van der Waals surface area contributed by atoms with Gasteiger partial charge in [0.1, 0.15) is 0 Å². The van der Waals surface area contributed by atoms with E-state index in [0.29, 0.717) is 0 Å². The molecule has 2 aromatic rings. The summed E-state index contributed by atoms with van der Waals surface area (Å²) in [5, 5.41) is 0. The first-order valence-electron chi connectivity index (χ1n) is 14.9. The quantitative estimate of drug-likeness (QED) is 0.248. The molecule has 1 heterocycles. The Morgan fingerprint density at radius 3 is 2.28 bits per heavy atom. The van der Waals surface area contributed by atoms with Gasteiger partial charge in [-0.3, -0.25) is 9.80 Å². The van der Waals surface area contributed by atoms with E-state index in [1.54, 1.807) is 0 Å². The summed E-state index contributed by atoms with van der Waals surface area (Å²) in [7, 11) is 0. The highest BCUT2D eigenvalue weighted by Gasteiger charge is 2.35. The molecule has 1 aliphatic heterocycles. The van der Waals surface area contributed by atoms with Crippen molar-refractivity contribution in [3.63, 3.8) is 0 Å². The third kappa shape index (κ3) is 7.84. The molecule has 0 amide bonds. The van der Waals surface area contributed by atoms with E-state index in [4.69, 9.17) is 5.73 Å². The number of hydrogen-bond acceptors (Lipinski definition) is 3. The van der Waals surface area contributed by atoms with Gasteiger partial charge in [0.05, 0.1) is 6.67 Å². The van der Waals surface area contributed by atoms with Gasteiger partial charge in [-0.05, 0) is 84.0 Å². The molecule has 1 unspecified atom stereocenters. The Bertz CT molecular complexity index is 1170. The molecule has 2 aliphatic rings. The van der Waals surface area contributed by atoms with Gasteiger partial charge in [-0.2, -0.15) is 0 Å². The highest BCUT2D eigenvalue weighted by Crippen LogP contribution is 2.51. The first kappa shape index (κ1) is 30.7. The summed E-state index contributed by atoms with van der Waals surface area (Å²) in [6.07, 6.45) is 12.0. The number of allylic oxidation sites excluding steroid dienone is 6. The van der Waals surface area contributed by atoms with E-state index in [9.17, 15) is 0 Å². The first-order chi connectivity index (χ1) is 18.8. The summed E-state index contributed by atoms with van der Waals surface area (Å²) >= 11 is 0. The lowest BCUT2D eigenvalue weighted by molar-refractivity contribution is 0.241. The molecule has 3 nitrogen and oxygen atoms in total. The zero-order valence-electron chi connectivity index (χ0n) is 25.2. The maximum atomic E-state index is 6.41. The number of rotatable bonds is 10. The lowest BCUT2D eigenvalue weighted by Crippen LogP contribution is -2.25. The summed E-state index contributed by atoms with van der Waals surface area (Å²) in [6.45, 7) is 24.6. The van der Waals surface area contributed by atoms with E-state index in [2.05, 4.69) is 106 Å². The van der Waals surface area contributed by atoms with Crippen molar-refractivity contribution < 1.29 is 0 Å². The second-order valence-corrected chi connectivity index (χ2v) is 11.5. The first-order valence-corrected chi connectivity index (χ1v) is 14.9. The predicted molar refractivity (Wildman–Crippen MR) is 172 cm³/mol. The van der Waals surface area contributed by atoms with Gasteiger partial charge in [-0.15, -0.1) is 6.58 Å². The van der Waals surface area contributed by atoms with Crippen LogP contribution in [0.4, 0.5) is 5.69 Å². The number of aryl methyl sites for hydroxylation is 1. The molecule has 0 aromatic heterocycles. The number of nitrogens with zero attached hydrogens (tertiary/aromatic N) is 2. The molecule has 39 heavy (non-hydrogen) atoms. The molecule has 2 aromatic carbocycles. The van der Waals surface area contributed by atoms with Gasteiger partial charge in [0.2, 0.25) is 0 Å². The molecule has 0 spiro atoms. The summed E-state index contributed by atoms with van der Waals surface area (Å²) < 4.78 is 0. The van der Waals surface area contributed by atoms with Crippen molar-refractivity contribution in [3.05, 3.63) is 102 Å². The lowest BCUT2D eigenvalue weighted by Gasteiger charge is -2.27. The average Bonchev–Trinajstić information content (AvgIpc) is 3.51. The number of nitrogen functional groups attached to an aromatic ring is 1. The highest BCUT2D eigenvalue weighted by molar-refractivity contribution is 5.89. The summed E-state index contributed by atoms with van der Waals surface area (Å²) in [4.78, 5) is 5.11. The van der Waals surface area contributed by atoms with E-state index < -0.39 is 0 Å². The van der Waals surface area contributed by atoms with Crippen molar-refractivity contribution in [1.29, 1.82) is 0 Å². The molecule has 1 atom stereocenters. The van der Waals surface area contributed by atoms with Crippen molar-refractivity contribution in [2.24, 2.45) is 5.41 Å². The SMILES string of the molecule is C=C/C(=C1\C=C(c2ccc(CN3CCN(CCC)C3)cc2)C(C)(CC)C1)c1ccc(C)cc1N.C=CCCC. The van der Waals surface area contributed by atoms with Gasteiger partial charge in [0.15, 0.2) is 0 Å². The number of hydrogen-bond donors (Lipinski definition) is 1. The molecule has 2 N–H and O–H groups in total. The molecule has 210 valence electrons. The lowest BCUT2D eigenvalue weighted by atomic mass is 9.77. The summed E-state index contributed by atoms with van der Waals surface area (Å²) in [5.41, 5.74) is 16.3. The normalized spacial score (nSPS) is 20.8. The third-order valence-electron chi connectivity index (χ3n) is 8.21. The number of benzene rings is 2. The standard InChI is InChI=1S/C31H41N3.C5H10/c1-6-15-33-16-17-34(22-33)21-24-10-12-25(13-11-24)29-19-26(20-31(29,5)8-3)27(7-2)28-14-9-23(4)18-30(28)32;1-3-5-4-2/h7,9-14,18-19H,2,6,8,15-17,20-22,32H2,1,3-5H3;3H,1,4-5H2,2H3/b27-26-;. The Morgan fingerprint density at radius 1 is 1.00 bits per heavy atom. The second-order valence-electron chi connectivity index (χ2n) is 11.5. The Labute approximate surface area is 238 Å². The fourth-order valence-electron chi connectivity index (χ4n) is 5.76. The van der Waals surface area contributed by atoms with Gasteiger partial charge >= 0.3 is 0 Å². The minimum absolute atomic E-state index is 0.111. The van der Waals surface area contributed by atoms with Gasteiger partial charge in [0, 0.05) is 30.9 Å². The van der Waals surface area contributed by atoms with Crippen LogP contribution in [-0.4, -0.2) is 36.1 Å². The van der Waals surface area contributed by atoms with Crippen LogP contribution < -0.4 is 5.73 Å². The fraction of sp³-hybridized carbons (Fsp3) is 0.444. The van der Waals surface area contributed by atoms with Crippen LogP contribution in [0.15, 0.2) is 79.4 Å². The maximum absolute atomic E-state index is 6.41. The Morgan fingerprint density at radius 2 is 1.72 bits per heavy atom. The van der Waals surface area contributed by atoms with Crippen LogP contribution in [0.5, 0.6) is 0 Å². The average molecular weight is 526 g/mol. The van der Waals surface area contributed by atoms with Crippen molar-refractivity contribution in [3.8, 4) is 0 Å². The van der Waals surface area contributed by atoms with Crippen LogP contribution in [0.3, 0.4) is 0 Å². The molecule has 0 bridgehead atoms. The van der Waals surface area contributed by atoms with Crippen LogP contribution >= 0.6 is 0 Å². The molecule has 3 heteroatoms. The molecule has 1 aliphatic carbocycles.